The third-order valence-electron chi connectivity index (χ3n) is 4.02. The van der Waals surface area contributed by atoms with Crippen LogP contribution in [0.3, 0.4) is 0 Å². The molecule has 1 heteroatoms. The molecule has 3 rings (SSSR count). The van der Waals surface area contributed by atoms with Gasteiger partial charge in [0.25, 0.3) is 0 Å². The summed E-state index contributed by atoms with van der Waals surface area (Å²) in [6.07, 6.45) is 0. The molecule has 0 radical (unpaired) electrons. The Hall–Kier alpha value is -1.86. The van der Waals surface area contributed by atoms with Gasteiger partial charge in [0.05, 0.1) is 0 Å². The van der Waals surface area contributed by atoms with Crippen molar-refractivity contribution in [3.63, 3.8) is 0 Å². The first-order valence-corrected chi connectivity index (χ1v) is 8.31. The molecule has 0 aliphatic rings. The lowest BCUT2D eigenvalue weighted by atomic mass is 9.85. The summed E-state index contributed by atoms with van der Waals surface area (Å²) in [5, 5.41) is 0. The maximum absolute atomic E-state index is 3.53. The molecule has 0 heterocycles. The minimum atomic E-state index is 0.272. The van der Waals surface area contributed by atoms with Crippen LogP contribution in [0.25, 0.3) is 0 Å². The maximum Gasteiger partial charge on any atom is 0.0340 e. The van der Waals surface area contributed by atoms with Gasteiger partial charge < -0.3 is 0 Å². The van der Waals surface area contributed by atoms with E-state index in [9.17, 15) is 0 Å². The highest BCUT2D eigenvalue weighted by Crippen LogP contribution is 2.32. The van der Waals surface area contributed by atoms with Crippen LogP contribution in [0.5, 0.6) is 0 Å². The van der Waals surface area contributed by atoms with Crippen molar-refractivity contribution >= 4 is 15.9 Å². The average Bonchev–Trinajstić information content (AvgIpc) is 2.53. The van der Waals surface area contributed by atoms with Gasteiger partial charge in [-0.2, -0.15) is 0 Å². The van der Waals surface area contributed by atoms with Crippen molar-refractivity contribution < 1.29 is 0 Å². The number of hydrogen-bond donors (Lipinski definition) is 0. The van der Waals surface area contributed by atoms with Gasteiger partial charge in [-0.25, -0.2) is 0 Å². The Morgan fingerprint density at radius 1 is 0.545 bits per heavy atom. The second-order valence-electron chi connectivity index (χ2n) is 5.81. The molecule has 3 aromatic rings. The second kappa shape index (κ2) is 6.50. The Morgan fingerprint density at radius 3 is 1.23 bits per heavy atom. The van der Waals surface area contributed by atoms with Crippen LogP contribution in [0.2, 0.25) is 0 Å². The van der Waals surface area contributed by atoms with Crippen molar-refractivity contribution in [2.75, 3.05) is 0 Å². The van der Waals surface area contributed by atoms with Gasteiger partial charge >= 0.3 is 0 Å². The summed E-state index contributed by atoms with van der Waals surface area (Å²) in [6, 6.07) is 26.3. The fourth-order valence-electron chi connectivity index (χ4n) is 2.75. The van der Waals surface area contributed by atoms with Crippen LogP contribution in [0.4, 0.5) is 0 Å². The van der Waals surface area contributed by atoms with Gasteiger partial charge in [-0.1, -0.05) is 87.7 Å². The number of halogens is 1. The predicted molar refractivity (Wildman–Crippen MR) is 97.4 cm³/mol. The Labute approximate surface area is 141 Å². The topological polar surface area (TPSA) is 0 Å². The Balaban J connectivity index is 2.10. The molecule has 0 spiro atoms. The van der Waals surface area contributed by atoms with Crippen molar-refractivity contribution in [2.24, 2.45) is 0 Å². The molecule has 0 aromatic heterocycles. The molecule has 0 nitrogen and oxygen atoms in total. The van der Waals surface area contributed by atoms with Gasteiger partial charge in [-0.05, 0) is 42.7 Å². The summed E-state index contributed by atoms with van der Waals surface area (Å²) in [4.78, 5) is 0. The molecule has 0 saturated heterocycles. The van der Waals surface area contributed by atoms with Crippen LogP contribution < -0.4 is 0 Å². The summed E-state index contributed by atoms with van der Waals surface area (Å²) in [6.45, 7) is 4.26. The minimum Gasteiger partial charge on any atom is -0.0590 e. The molecular formula is C21H19Br. The molecule has 0 saturated carbocycles. The Bertz CT molecular complexity index is 629. The molecule has 3 aromatic carbocycles. The van der Waals surface area contributed by atoms with Crippen molar-refractivity contribution in [1.29, 1.82) is 0 Å². The van der Waals surface area contributed by atoms with E-state index in [0.717, 1.165) is 4.47 Å². The van der Waals surface area contributed by atoms with E-state index in [1.807, 2.05) is 0 Å². The van der Waals surface area contributed by atoms with E-state index in [4.69, 9.17) is 0 Å². The molecule has 0 fully saturated rings. The fourth-order valence-corrected chi connectivity index (χ4v) is 3.01. The number of benzene rings is 3. The van der Waals surface area contributed by atoms with Crippen LogP contribution in [0.15, 0.2) is 77.3 Å². The molecule has 0 unspecified atom stereocenters. The van der Waals surface area contributed by atoms with Crippen molar-refractivity contribution in [2.45, 2.75) is 19.8 Å². The van der Waals surface area contributed by atoms with Gasteiger partial charge in [0.1, 0.15) is 0 Å². The number of aryl methyl sites for hydroxylation is 2. The van der Waals surface area contributed by atoms with Gasteiger partial charge in [0.15, 0.2) is 0 Å². The monoisotopic (exact) mass is 350 g/mol. The first-order chi connectivity index (χ1) is 10.6. The minimum absolute atomic E-state index is 0.272. The molecule has 0 atom stereocenters. The van der Waals surface area contributed by atoms with E-state index < -0.39 is 0 Å². The van der Waals surface area contributed by atoms with Crippen LogP contribution in [-0.4, -0.2) is 0 Å². The van der Waals surface area contributed by atoms with Gasteiger partial charge in [-0.15, -0.1) is 0 Å². The fraction of sp³-hybridized carbons (Fsp3) is 0.143. The van der Waals surface area contributed by atoms with E-state index in [1.165, 1.54) is 27.8 Å². The van der Waals surface area contributed by atoms with Gasteiger partial charge in [-0.3, -0.25) is 0 Å². The molecule has 0 aliphatic carbocycles. The second-order valence-corrected chi connectivity index (χ2v) is 6.72. The van der Waals surface area contributed by atoms with Crippen LogP contribution in [0, 0.1) is 13.8 Å². The largest absolute Gasteiger partial charge is 0.0590 e. The smallest absolute Gasteiger partial charge is 0.0340 e. The lowest BCUT2D eigenvalue weighted by Crippen LogP contribution is -2.03. The zero-order valence-corrected chi connectivity index (χ0v) is 14.5. The lowest BCUT2D eigenvalue weighted by Gasteiger charge is -2.19. The van der Waals surface area contributed by atoms with Crippen molar-refractivity contribution in [1.82, 2.24) is 0 Å². The summed E-state index contributed by atoms with van der Waals surface area (Å²) in [7, 11) is 0. The standard InChI is InChI=1S/C21H19Br/c1-15-3-7-17(8-4-15)21(18-9-5-16(2)6-10-18)19-11-13-20(22)14-12-19/h3-14,21H,1-2H3. The zero-order valence-electron chi connectivity index (χ0n) is 12.9. The maximum atomic E-state index is 3.53. The first-order valence-electron chi connectivity index (χ1n) is 7.52. The third kappa shape index (κ3) is 3.31. The molecule has 0 N–H and O–H groups in total. The van der Waals surface area contributed by atoms with E-state index >= 15 is 0 Å². The number of hydrogen-bond acceptors (Lipinski definition) is 0. The van der Waals surface area contributed by atoms with Crippen molar-refractivity contribution in [3.05, 3.63) is 105 Å². The van der Waals surface area contributed by atoms with E-state index in [1.54, 1.807) is 0 Å². The normalized spacial score (nSPS) is 10.9. The van der Waals surface area contributed by atoms with E-state index in [0.29, 0.717) is 0 Å². The van der Waals surface area contributed by atoms with Gasteiger partial charge in [0.2, 0.25) is 0 Å². The van der Waals surface area contributed by atoms with Crippen molar-refractivity contribution in [3.8, 4) is 0 Å². The molecular weight excluding hydrogens is 332 g/mol. The molecule has 0 aliphatic heterocycles. The van der Waals surface area contributed by atoms with E-state index in [2.05, 4.69) is 103 Å². The highest BCUT2D eigenvalue weighted by molar-refractivity contribution is 9.10. The lowest BCUT2D eigenvalue weighted by molar-refractivity contribution is 0.974. The predicted octanol–water partition coefficient (Wildman–Crippen LogP) is 6.25. The summed E-state index contributed by atoms with van der Waals surface area (Å²) in [5.41, 5.74) is 6.56. The average molecular weight is 351 g/mol. The molecule has 0 bridgehead atoms. The highest BCUT2D eigenvalue weighted by Gasteiger charge is 2.16. The third-order valence-corrected chi connectivity index (χ3v) is 4.55. The summed E-state index contributed by atoms with van der Waals surface area (Å²) in [5.74, 6) is 0.272. The summed E-state index contributed by atoms with van der Waals surface area (Å²) < 4.78 is 1.11. The van der Waals surface area contributed by atoms with Crippen LogP contribution in [0.1, 0.15) is 33.7 Å². The molecule has 0 amide bonds. The summed E-state index contributed by atoms with van der Waals surface area (Å²) >= 11 is 3.53. The van der Waals surface area contributed by atoms with Gasteiger partial charge in [0, 0.05) is 10.4 Å². The SMILES string of the molecule is Cc1ccc(C(c2ccc(C)cc2)c2ccc(Br)cc2)cc1. The Kier molecular flexibility index (Phi) is 4.44. The zero-order chi connectivity index (χ0) is 15.5. The first kappa shape index (κ1) is 15.1. The molecule has 22 heavy (non-hydrogen) atoms. The van der Waals surface area contributed by atoms with Crippen LogP contribution >= 0.6 is 15.9 Å². The molecule has 110 valence electrons. The highest BCUT2D eigenvalue weighted by atomic mass is 79.9. The van der Waals surface area contributed by atoms with Crippen LogP contribution in [-0.2, 0) is 0 Å². The van der Waals surface area contributed by atoms with E-state index in [-0.39, 0.29) is 5.92 Å². The Morgan fingerprint density at radius 2 is 0.864 bits per heavy atom. The number of rotatable bonds is 3. The quantitative estimate of drug-likeness (QED) is 0.490.